The van der Waals surface area contributed by atoms with Gasteiger partial charge in [0, 0.05) is 5.56 Å². The lowest BCUT2D eigenvalue weighted by atomic mass is 10.1. The predicted octanol–water partition coefficient (Wildman–Crippen LogP) is 5.53. The molecule has 6 nitrogen and oxygen atoms in total. The topological polar surface area (TPSA) is 74.2 Å². The fraction of sp³-hybridized carbons (Fsp3) is 0.115. The van der Waals surface area contributed by atoms with Gasteiger partial charge in [0.1, 0.15) is 0 Å². The third-order valence-electron chi connectivity index (χ3n) is 5.11. The van der Waals surface area contributed by atoms with Crippen LogP contribution in [0.1, 0.15) is 32.6 Å². The highest BCUT2D eigenvalue weighted by molar-refractivity contribution is 6.32. The lowest BCUT2D eigenvalue weighted by Gasteiger charge is -2.13. The first-order valence-electron chi connectivity index (χ1n) is 10.1. The number of cyclic esters (lactones) is 1. The van der Waals surface area contributed by atoms with Crippen LogP contribution in [0.25, 0.3) is 6.08 Å². The summed E-state index contributed by atoms with van der Waals surface area (Å²) >= 11 is 6.41. The summed E-state index contributed by atoms with van der Waals surface area (Å²) in [5.74, 6) is -0.547. The molecule has 1 heterocycles. The Bertz CT molecular complexity index is 1330. The highest BCUT2D eigenvalue weighted by Crippen LogP contribution is 2.38. The summed E-state index contributed by atoms with van der Waals surface area (Å²) in [6, 6.07) is 17.7. The van der Waals surface area contributed by atoms with Crippen LogP contribution in [0.5, 0.6) is 11.5 Å². The fourth-order valence-corrected chi connectivity index (χ4v) is 3.62. The standard InChI is InChI=1S/C26H20ClNO5/c1-15-8-4-6-10-18(15)24-28-21(26(30)33-24)13-17-12-20(27)23(22(14-17)31-3)32-25(29)19-11-7-5-9-16(19)2/h4-14H,1-3H3/b21-13-. The number of methoxy groups -OCH3 is 1. The number of nitrogens with zero attached hydrogens (tertiary/aromatic N) is 1. The van der Waals surface area contributed by atoms with E-state index in [4.69, 9.17) is 25.8 Å². The number of halogens is 1. The van der Waals surface area contributed by atoms with Crippen molar-refractivity contribution in [3.63, 3.8) is 0 Å². The van der Waals surface area contributed by atoms with Crippen molar-refractivity contribution in [2.75, 3.05) is 7.11 Å². The van der Waals surface area contributed by atoms with E-state index in [2.05, 4.69) is 4.99 Å². The molecule has 0 atom stereocenters. The number of carbonyl (C=O) groups is 2. The Hall–Kier alpha value is -3.90. The van der Waals surface area contributed by atoms with Gasteiger partial charge in [-0.2, -0.15) is 0 Å². The third kappa shape index (κ3) is 4.66. The summed E-state index contributed by atoms with van der Waals surface area (Å²) in [6.45, 7) is 3.73. The highest BCUT2D eigenvalue weighted by atomic mass is 35.5. The van der Waals surface area contributed by atoms with Crippen LogP contribution >= 0.6 is 11.6 Å². The molecule has 33 heavy (non-hydrogen) atoms. The van der Waals surface area contributed by atoms with Crippen molar-refractivity contribution in [3.05, 3.63) is 99.2 Å². The number of aryl methyl sites for hydroxylation is 2. The van der Waals surface area contributed by atoms with Crippen molar-refractivity contribution in [2.45, 2.75) is 13.8 Å². The molecular formula is C26H20ClNO5. The average Bonchev–Trinajstić information content (AvgIpc) is 3.15. The van der Waals surface area contributed by atoms with E-state index in [-0.39, 0.29) is 28.1 Å². The van der Waals surface area contributed by atoms with Crippen molar-refractivity contribution in [1.29, 1.82) is 0 Å². The molecule has 166 valence electrons. The lowest BCUT2D eigenvalue weighted by Crippen LogP contribution is -2.11. The predicted molar refractivity (Wildman–Crippen MR) is 126 cm³/mol. The van der Waals surface area contributed by atoms with Crippen LogP contribution in [0.4, 0.5) is 0 Å². The first kappa shape index (κ1) is 22.3. The first-order chi connectivity index (χ1) is 15.9. The maximum atomic E-state index is 12.6. The Morgan fingerprint density at radius 2 is 1.73 bits per heavy atom. The molecule has 0 N–H and O–H groups in total. The molecular weight excluding hydrogens is 442 g/mol. The van der Waals surface area contributed by atoms with Gasteiger partial charge in [0.2, 0.25) is 5.90 Å². The number of aliphatic imine (C=N–C) groups is 1. The second-order valence-corrected chi connectivity index (χ2v) is 7.80. The molecule has 0 saturated carbocycles. The van der Waals surface area contributed by atoms with E-state index in [1.807, 2.05) is 50.2 Å². The molecule has 4 rings (SSSR count). The maximum Gasteiger partial charge on any atom is 0.363 e. The van der Waals surface area contributed by atoms with Crippen LogP contribution in [-0.2, 0) is 9.53 Å². The average molecular weight is 462 g/mol. The van der Waals surface area contributed by atoms with Crippen LogP contribution in [0.3, 0.4) is 0 Å². The molecule has 0 fully saturated rings. The summed E-state index contributed by atoms with van der Waals surface area (Å²) in [4.78, 5) is 29.3. The molecule has 3 aromatic rings. The molecule has 0 saturated heterocycles. The molecule has 0 amide bonds. The Balaban J connectivity index is 1.65. The molecule has 0 aromatic heterocycles. The van der Waals surface area contributed by atoms with Crippen LogP contribution in [0.15, 0.2) is 71.4 Å². The first-order valence-corrected chi connectivity index (χ1v) is 10.5. The van der Waals surface area contributed by atoms with Crippen molar-refractivity contribution in [2.24, 2.45) is 4.99 Å². The Labute approximate surface area is 196 Å². The molecule has 0 spiro atoms. The van der Waals surface area contributed by atoms with E-state index < -0.39 is 11.9 Å². The zero-order valence-electron chi connectivity index (χ0n) is 18.2. The molecule has 1 aliphatic heterocycles. The number of carbonyl (C=O) groups excluding carboxylic acids is 2. The molecule has 3 aromatic carbocycles. The third-order valence-corrected chi connectivity index (χ3v) is 5.39. The Kier molecular flexibility index (Phi) is 6.29. The zero-order chi connectivity index (χ0) is 23.5. The van der Waals surface area contributed by atoms with Gasteiger partial charge in [0.05, 0.1) is 17.7 Å². The smallest absolute Gasteiger partial charge is 0.363 e. The second-order valence-electron chi connectivity index (χ2n) is 7.39. The van der Waals surface area contributed by atoms with Gasteiger partial charge in [-0.1, -0.05) is 48.0 Å². The zero-order valence-corrected chi connectivity index (χ0v) is 19.0. The van der Waals surface area contributed by atoms with Crippen LogP contribution < -0.4 is 9.47 Å². The van der Waals surface area contributed by atoms with E-state index in [0.29, 0.717) is 11.1 Å². The van der Waals surface area contributed by atoms with E-state index in [1.54, 1.807) is 24.3 Å². The van der Waals surface area contributed by atoms with Crippen LogP contribution in [0.2, 0.25) is 5.02 Å². The van der Waals surface area contributed by atoms with Crippen LogP contribution in [0, 0.1) is 13.8 Å². The summed E-state index contributed by atoms with van der Waals surface area (Å²) in [5, 5.41) is 0.151. The quantitative estimate of drug-likeness (QED) is 0.284. The fourth-order valence-electron chi connectivity index (χ4n) is 3.37. The van der Waals surface area contributed by atoms with E-state index in [1.165, 1.54) is 13.2 Å². The minimum absolute atomic E-state index is 0.0904. The second kappa shape index (κ2) is 9.30. The molecule has 0 radical (unpaired) electrons. The van der Waals surface area contributed by atoms with E-state index >= 15 is 0 Å². The van der Waals surface area contributed by atoms with Gasteiger partial charge in [-0.05, 0) is 60.9 Å². The number of ether oxygens (including phenoxy) is 3. The van der Waals surface area contributed by atoms with Crippen molar-refractivity contribution in [1.82, 2.24) is 0 Å². The number of hydrogen-bond donors (Lipinski definition) is 0. The monoisotopic (exact) mass is 461 g/mol. The number of esters is 2. The van der Waals surface area contributed by atoms with Gasteiger partial charge in [0.15, 0.2) is 17.2 Å². The molecule has 0 aliphatic carbocycles. The summed E-state index contributed by atoms with van der Waals surface area (Å²) in [5.41, 5.74) is 3.54. The summed E-state index contributed by atoms with van der Waals surface area (Å²) in [6.07, 6.45) is 1.54. The Morgan fingerprint density at radius 3 is 2.42 bits per heavy atom. The van der Waals surface area contributed by atoms with E-state index in [9.17, 15) is 9.59 Å². The largest absolute Gasteiger partial charge is 0.493 e. The van der Waals surface area contributed by atoms with Crippen molar-refractivity contribution < 1.29 is 23.8 Å². The van der Waals surface area contributed by atoms with Gasteiger partial charge in [-0.25, -0.2) is 14.6 Å². The lowest BCUT2D eigenvalue weighted by molar-refractivity contribution is -0.129. The Morgan fingerprint density at radius 1 is 1.03 bits per heavy atom. The van der Waals surface area contributed by atoms with E-state index in [0.717, 1.165) is 16.7 Å². The molecule has 0 bridgehead atoms. The van der Waals surface area contributed by atoms with Gasteiger partial charge < -0.3 is 14.2 Å². The SMILES string of the molecule is COc1cc(/C=C2\N=C(c3ccccc3C)OC2=O)cc(Cl)c1OC(=O)c1ccccc1C. The van der Waals surface area contributed by atoms with Crippen molar-refractivity contribution >= 4 is 35.5 Å². The molecule has 1 aliphatic rings. The normalized spacial score (nSPS) is 14.1. The summed E-state index contributed by atoms with van der Waals surface area (Å²) < 4.78 is 16.3. The minimum atomic E-state index is -0.571. The molecule has 7 heteroatoms. The maximum absolute atomic E-state index is 12.6. The van der Waals surface area contributed by atoms with Crippen molar-refractivity contribution in [3.8, 4) is 11.5 Å². The van der Waals surface area contributed by atoms with Gasteiger partial charge >= 0.3 is 11.9 Å². The van der Waals surface area contributed by atoms with Gasteiger partial charge in [-0.3, -0.25) is 0 Å². The minimum Gasteiger partial charge on any atom is -0.493 e. The van der Waals surface area contributed by atoms with Gasteiger partial charge in [-0.15, -0.1) is 0 Å². The highest BCUT2D eigenvalue weighted by Gasteiger charge is 2.25. The van der Waals surface area contributed by atoms with Crippen LogP contribution in [-0.4, -0.2) is 24.9 Å². The summed E-state index contributed by atoms with van der Waals surface area (Å²) in [7, 11) is 1.44. The van der Waals surface area contributed by atoms with Gasteiger partial charge in [0.25, 0.3) is 0 Å². The number of benzene rings is 3. The molecule has 0 unspecified atom stereocenters. The number of rotatable bonds is 5. The number of hydrogen-bond acceptors (Lipinski definition) is 6.